The van der Waals surface area contributed by atoms with Crippen molar-refractivity contribution in [2.45, 2.75) is 13.3 Å². The third-order valence-electron chi connectivity index (χ3n) is 3.68. The van der Waals surface area contributed by atoms with Crippen LogP contribution in [0.15, 0.2) is 24.3 Å². The summed E-state index contributed by atoms with van der Waals surface area (Å²) in [5.74, 6) is 1.58. The summed E-state index contributed by atoms with van der Waals surface area (Å²) in [6.07, 6.45) is 0.560. The topological polar surface area (TPSA) is 40.6 Å². The highest BCUT2D eigenvalue weighted by Crippen LogP contribution is 2.11. The van der Waals surface area contributed by atoms with Crippen LogP contribution in [0, 0.1) is 5.82 Å². The molecule has 1 aliphatic heterocycles. The van der Waals surface area contributed by atoms with E-state index in [0.717, 1.165) is 11.5 Å². The van der Waals surface area contributed by atoms with E-state index in [2.05, 4.69) is 6.92 Å². The number of hydrogen-bond acceptors (Lipinski definition) is 3. The Kier molecular flexibility index (Phi) is 6.24. The summed E-state index contributed by atoms with van der Waals surface area (Å²) in [5, 5.41) is 0. The fourth-order valence-corrected chi connectivity index (χ4v) is 3.00. The second kappa shape index (κ2) is 8.17. The molecule has 0 aliphatic carbocycles. The first kappa shape index (κ1) is 16.8. The fraction of sp³-hybridized carbons (Fsp3) is 0.500. The van der Waals surface area contributed by atoms with Crippen molar-refractivity contribution in [1.82, 2.24) is 9.80 Å². The maximum absolute atomic E-state index is 12.9. The molecule has 1 aromatic carbocycles. The van der Waals surface area contributed by atoms with E-state index >= 15 is 0 Å². The molecule has 1 aliphatic rings. The zero-order valence-electron chi connectivity index (χ0n) is 12.8. The summed E-state index contributed by atoms with van der Waals surface area (Å²) in [4.78, 5) is 27.9. The van der Waals surface area contributed by atoms with E-state index in [0.29, 0.717) is 38.2 Å². The largest absolute Gasteiger partial charge is 0.339 e. The summed E-state index contributed by atoms with van der Waals surface area (Å²) in [6.45, 7) is 4.28. The maximum atomic E-state index is 12.9. The lowest BCUT2D eigenvalue weighted by atomic mass is 10.1. The Morgan fingerprint density at radius 2 is 1.68 bits per heavy atom. The Labute approximate surface area is 134 Å². The third-order valence-corrected chi connectivity index (χ3v) is 4.58. The van der Waals surface area contributed by atoms with Crippen LogP contribution in [0.3, 0.4) is 0 Å². The van der Waals surface area contributed by atoms with Gasteiger partial charge in [-0.25, -0.2) is 4.39 Å². The van der Waals surface area contributed by atoms with Crippen molar-refractivity contribution in [2.75, 3.05) is 37.7 Å². The van der Waals surface area contributed by atoms with Gasteiger partial charge < -0.3 is 9.80 Å². The van der Waals surface area contributed by atoms with Crippen LogP contribution in [0.2, 0.25) is 0 Å². The first-order valence-corrected chi connectivity index (χ1v) is 8.67. The molecule has 2 rings (SSSR count). The first-order valence-electron chi connectivity index (χ1n) is 7.52. The van der Waals surface area contributed by atoms with Crippen LogP contribution < -0.4 is 0 Å². The summed E-state index contributed by atoms with van der Waals surface area (Å²) >= 11 is 1.76. The minimum absolute atomic E-state index is 0.103. The van der Waals surface area contributed by atoms with Crippen LogP contribution in [0.5, 0.6) is 0 Å². The standard InChI is InChI=1S/C16H21FN2O2S/c1-2-22-12-7-15(20)18-8-10-19(11-9-18)16(21)13-3-5-14(17)6-4-13/h3-6H,2,7-12H2,1H3. The average Bonchev–Trinajstić information content (AvgIpc) is 2.55. The Bertz CT molecular complexity index is 513. The quantitative estimate of drug-likeness (QED) is 0.780. The predicted molar refractivity (Wildman–Crippen MR) is 86.5 cm³/mol. The van der Waals surface area contributed by atoms with Gasteiger partial charge in [-0.2, -0.15) is 11.8 Å². The average molecular weight is 324 g/mol. The van der Waals surface area contributed by atoms with Gasteiger partial charge in [-0.3, -0.25) is 9.59 Å². The summed E-state index contributed by atoms with van der Waals surface area (Å²) < 4.78 is 12.9. The molecule has 4 nitrogen and oxygen atoms in total. The number of carbonyl (C=O) groups is 2. The van der Waals surface area contributed by atoms with E-state index in [1.54, 1.807) is 16.7 Å². The number of thioether (sulfide) groups is 1. The Morgan fingerprint density at radius 3 is 2.27 bits per heavy atom. The molecule has 0 unspecified atom stereocenters. The molecule has 1 fully saturated rings. The molecule has 0 atom stereocenters. The lowest BCUT2D eigenvalue weighted by Gasteiger charge is -2.35. The van der Waals surface area contributed by atoms with Crippen molar-refractivity contribution in [3.05, 3.63) is 35.6 Å². The highest BCUT2D eigenvalue weighted by Gasteiger charge is 2.24. The zero-order valence-corrected chi connectivity index (χ0v) is 13.6. The summed E-state index contributed by atoms with van der Waals surface area (Å²) in [6, 6.07) is 5.57. The number of halogens is 1. The number of hydrogen-bond donors (Lipinski definition) is 0. The minimum Gasteiger partial charge on any atom is -0.339 e. The van der Waals surface area contributed by atoms with Gasteiger partial charge in [0.05, 0.1) is 0 Å². The molecule has 1 heterocycles. The van der Waals surface area contributed by atoms with Crippen molar-refractivity contribution in [3.63, 3.8) is 0 Å². The number of nitrogens with zero attached hydrogens (tertiary/aromatic N) is 2. The normalized spacial score (nSPS) is 15.0. The second-order valence-electron chi connectivity index (χ2n) is 5.13. The first-order chi connectivity index (χ1) is 10.6. The number of carbonyl (C=O) groups excluding carboxylic acids is 2. The van der Waals surface area contributed by atoms with E-state index < -0.39 is 0 Å². The van der Waals surface area contributed by atoms with Crippen molar-refractivity contribution in [1.29, 1.82) is 0 Å². The number of amides is 2. The lowest BCUT2D eigenvalue weighted by molar-refractivity contribution is -0.132. The van der Waals surface area contributed by atoms with Gasteiger partial charge in [-0.1, -0.05) is 6.92 Å². The van der Waals surface area contributed by atoms with Gasteiger partial charge in [-0.15, -0.1) is 0 Å². The predicted octanol–water partition coefficient (Wildman–Crippen LogP) is 2.25. The summed E-state index contributed by atoms with van der Waals surface area (Å²) in [7, 11) is 0. The van der Waals surface area contributed by atoms with Crippen molar-refractivity contribution < 1.29 is 14.0 Å². The number of benzene rings is 1. The molecule has 1 saturated heterocycles. The van der Waals surface area contributed by atoms with Gasteiger partial charge in [0.25, 0.3) is 5.91 Å². The molecule has 0 spiro atoms. The van der Waals surface area contributed by atoms with Crippen LogP contribution in [0.25, 0.3) is 0 Å². The van der Waals surface area contributed by atoms with Gasteiger partial charge in [0.15, 0.2) is 0 Å². The van der Waals surface area contributed by atoms with E-state index in [1.165, 1.54) is 24.3 Å². The Hall–Kier alpha value is -1.56. The van der Waals surface area contributed by atoms with Crippen LogP contribution >= 0.6 is 11.8 Å². The molecular weight excluding hydrogens is 303 g/mol. The zero-order chi connectivity index (χ0) is 15.9. The van der Waals surface area contributed by atoms with Crippen LogP contribution in [0.1, 0.15) is 23.7 Å². The van der Waals surface area contributed by atoms with Gasteiger partial charge in [0.1, 0.15) is 5.82 Å². The molecule has 0 N–H and O–H groups in total. The van der Waals surface area contributed by atoms with E-state index in [4.69, 9.17) is 0 Å². The molecule has 0 radical (unpaired) electrons. The highest BCUT2D eigenvalue weighted by molar-refractivity contribution is 7.99. The Balaban J connectivity index is 1.82. The molecular formula is C16H21FN2O2S. The van der Waals surface area contributed by atoms with E-state index in [1.807, 2.05) is 4.90 Å². The van der Waals surface area contributed by atoms with Gasteiger partial charge >= 0.3 is 0 Å². The van der Waals surface area contributed by atoms with Gasteiger partial charge in [0, 0.05) is 43.9 Å². The molecule has 0 bridgehead atoms. The van der Waals surface area contributed by atoms with Crippen LogP contribution in [-0.4, -0.2) is 59.3 Å². The van der Waals surface area contributed by atoms with Crippen LogP contribution in [-0.2, 0) is 4.79 Å². The molecule has 0 aromatic heterocycles. The SMILES string of the molecule is CCSCCC(=O)N1CCN(C(=O)c2ccc(F)cc2)CC1. The number of rotatable bonds is 5. The van der Waals surface area contributed by atoms with Crippen molar-refractivity contribution in [2.24, 2.45) is 0 Å². The fourth-order valence-electron chi connectivity index (χ4n) is 2.40. The summed E-state index contributed by atoms with van der Waals surface area (Å²) in [5.41, 5.74) is 0.487. The van der Waals surface area contributed by atoms with Gasteiger partial charge in [0.2, 0.25) is 5.91 Å². The van der Waals surface area contributed by atoms with Crippen molar-refractivity contribution in [3.8, 4) is 0 Å². The van der Waals surface area contributed by atoms with E-state index in [9.17, 15) is 14.0 Å². The van der Waals surface area contributed by atoms with Crippen LogP contribution in [0.4, 0.5) is 4.39 Å². The molecule has 120 valence electrons. The lowest BCUT2D eigenvalue weighted by Crippen LogP contribution is -2.50. The maximum Gasteiger partial charge on any atom is 0.253 e. The molecule has 22 heavy (non-hydrogen) atoms. The molecule has 1 aromatic rings. The minimum atomic E-state index is -0.350. The monoisotopic (exact) mass is 324 g/mol. The smallest absolute Gasteiger partial charge is 0.253 e. The number of piperazine rings is 1. The van der Waals surface area contributed by atoms with Gasteiger partial charge in [-0.05, 0) is 30.0 Å². The molecule has 2 amide bonds. The highest BCUT2D eigenvalue weighted by atomic mass is 32.2. The molecule has 6 heteroatoms. The van der Waals surface area contributed by atoms with E-state index in [-0.39, 0.29) is 17.6 Å². The third kappa shape index (κ3) is 4.47. The second-order valence-corrected chi connectivity index (χ2v) is 6.52. The molecule has 0 saturated carbocycles. The van der Waals surface area contributed by atoms with Crippen molar-refractivity contribution >= 4 is 23.6 Å². The Morgan fingerprint density at radius 1 is 1.09 bits per heavy atom.